The smallest absolute Gasteiger partial charge is 0.308 e. The molecule has 4 nitrogen and oxygen atoms in total. The van der Waals surface area contributed by atoms with Crippen molar-refractivity contribution in [2.45, 2.75) is 130 Å². The van der Waals surface area contributed by atoms with Crippen LogP contribution in [-0.2, 0) is 14.0 Å². The van der Waals surface area contributed by atoms with Crippen LogP contribution in [0.5, 0.6) is 0 Å². The molecule has 49 heavy (non-hydrogen) atoms. The number of hydrogen-bond donors (Lipinski definition) is 1. The summed E-state index contributed by atoms with van der Waals surface area (Å²) in [5, 5.41) is 14.1. The van der Waals surface area contributed by atoms with Crippen LogP contribution >= 0.6 is 0 Å². The molecule has 0 radical (unpaired) electrons. The molecule has 0 spiro atoms. The SMILES string of the molecule is CCOC(=O)[C@H](C)C[C@H](O)[C@@H](C)[C@H]1CC[C@H]2[C@@H]3CC=C4C[C@@H](O[Si](c5ccccc5)(c5ccccc5)C(C)(C)C)CC[C@]4(C)[C@H]3CC[C@]12C. The molecule has 1 N–H and O–H groups in total. The molecular formula is C44H64O4Si. The minimum absolute atomic E-state index is 0.0170. The van der Waals surface area contributed by atoms with Gasteiger partial charge in [-0.25, -0.2) is 0 Å². The predicted molar refractivity (Wildman–Crippen MR) is 203 cm³/mol. The number of benzene rings is 2. The Morgan fingerprint density at radius 3 is 2.14 bits per heavy atom. The van der Waals surface area contributed by atoms with E-state index in [-0.39, 0.29) is 39.8 Å². The maximum Gasteiger partial charge on any atom is 0.308 e. The highest BCUT2D eigenvalue weighted by atomic mass is 28.4. The van der Waals surface area contributed by atoms with Gasteiger partial charge < -0.3 is 14.3 Å². The second kappa shape index (κ2) is 14.1. The van der Waals surface area contributed by atoms with Crippen molar-refractivity contribution in [3.8, 4) is 0 Å². The molecule has 268 valence electrons. The highest BCUT2D eigenvalue weighted by molar-refractivity contribution is 6.99. The van der Waals surface area contributed by atoms with Crippen LogP contribution in [0.3, 0.4) is 0 Å². The van der Waals surface area contributed by atoms with Crippen LogP contribution in [0, 0.1) is 46.3 Å². The topological polar surface area (TPSA) is 55.8 Å². The van der Waals surface area contributed by atoms with Gasteiger partial charge in [-0.1, -0.05) is 121 Å². The largest absolute Gasteiger partial charge is 0.466 e. The fraction of sp³-hybridized carbons (Fsp3) is 0.659. The molecule has 0 amide bonds. The van der Waals surface area contributed by atoms with Crippen molar-refractivity contribution >= 4 is 24.7 Å². The van der Waals surface area contributed by atoms with Crippen molar-refractivity contribution in [2.75, 3.05) is 6.61 Å². The van der Waals surface area contributed by atoms with Crippen LogP contribution in [0.1, 0.15) is 113 Å². The summed E-state index contributed by atoms with van der Waals surface area (Å²) < 4.78 is 12.9. The summed E-state index contributed by atoms with van der Waals surface area (Å²) in [7, 11) is -2.60. The third-order valence-corrected chi connectivity index (χ3v) is 19.5. The summed E-state index contributed by atoms with van der Waals surface area (Å²) in [6, 6.07) is 22.3. The Labute approximate surface area is 298 Å². The van der Waals surface area contributed by atoms with Crippen molar-refractivity contribution in [3.63, 3.8) is 0 Å². The first-order valence-electron chi connectivity index (χ1n) is 19.6. The van der Waals surface area contributed by atoms with E-state index >= 15 is 0 Å². The number of carbonyl (C=O) groups is 1. The van der Waals surface area contributed by atoms with Crippen molar-refractivity contribution in [3.05, 3.63) is 72.3 Å². The number of allylic oxidation sites excluding steroid dienone is 1. The van der Waals surface area contributed by atoms with Crippen molar-refractivity contribution < 1.29 is 19.1 Å². The summed E-state index contributed by atoms with van der Waals surface area (Å²) in [5.41, 5.74) is 2.16. The Morgan fingerprint density at radius 1 is 0.918 bits per heavy atom. The molecular weight excluding hydrogens is 621 g/mol. The van der Waals surface area contributed by atoms with Gasteiger partial charge >= 0.3 is 5.97 Å². The molecule has 3 fully saturated rings. The Kier molecular flexibility index (Phi) is 10.5. The van der Waals surface area contributed by atoms with Crippen LogP contribution < -0.4 is 10.4 Å². The number of aliphatic hydroxyl groups is 1. The quantitative estimate of drug-likeness (QED) is 0.154. The van der Waals surface area contributed by atoms with Crippen LogP contribution in [0.25, 0.3) is 0 Å². The maximum atomic E-state index is 12.3. The van der Waals surface area contributed by atoms with Gasteiger partial charge in [0, 0.05) is 6.10 Å². The van der Waals surface area contributed by atoms with Crippen LogP contribution in [0.4, 0.5) is 0 Å². The number of aliphatic hydroxyl groups excluding tert-OH is 1. The molecule has 6 rings (SSSR count). The molecule has 0 heterocycles. The lowest BCUT2D eigenvalue weighted by molar-refractivity contribution is -0.149. The first-order valence-corrected chi connectivity index (χ1v) is 21.5. The van der Waals surface area contributed by atoms with E-state index < -0.39 is 14.4 Å². The minimum atomic E-state index is -2.60. The summed E-state index contributed by atoms with van der Waals surface area (Å²) in [4.78, 5) is 12.3. The molecule has 0 aliphatic heterocycles. The first kappa shape index (κ1) is 36.6. The molecule has 4 aliphatic rings. The van der Waals surface area contributed by atoms with E-state index in [9.17, 15) is 9.90 Å². The molecule has 5 heteroatoms. The third kappa shape index (κ3) is 6.44. The van der Waals surface area contributed by atoms with Crippen molar-refractivity contribution in [1.29, 1.82) is 0 Å². The van der Waals surface area contributed by atoms with Gasteiger partial charge in [0.1, 0.15) is 0 Å². The minimum Gasteiger partial charge on any atom is -0.466 e. The average Bonchev–Trinajstić information content (AvgIpc) is 3.44. The van der Waals surface area contributed by atoms with E-state index in [0.29, 0.717) is 24.9 Å². The molecule has 2 aromatic carbocycles. The fourth-order valence-corrected chi connectivity index (χ4v) is 16.5. The number of fused-ring (bicyclic) bond motifs is 5. The Hall–Kier alpha value is -2.21. The lowest BCUT2D eigenvalue weighted by atomic mass is 9.47. The molecule has 10 atom stereocenters. The molecule has 0 unspecified atom stereocenters. The Morgan fingerprint density at radius 2 is 1.55 bits per heavy atom. The first-order chi connectivity index (χ1) is 23.3. The van der Waals surface area contributed by atoms with Gasteiger partial charge in [-0.2, -0.15) is 0 Å². The summed E-state index contributed by atoms with van der Waals surface area (Å²) in [6.07, 6.45) is 12.5. The van der Waals surface area contributed by atoms with Crippen LogP contribution in [0.15, 0.2) is 72.3 Å². The number of carbonyl (C=O) groups excluding carboxylic acids is 1. The molecule has 0 saturated heterocycles. The van der Waals surface area contributed by atoms with E-state index in [0.717, 1.165) is 24.7 Å². The lowest BCUT2D eigenvalue weighted by Crippen LogP contribution is -2.68. The van der Waals surface area contributed by atoms with Gasteiger partial charge in [0.05, 0.1) is 18.6 Å². The van der Waals surface area contributed by atoms with E-state index in [2.05, 4.69) is 108 Å². The summed E-state index contributed by atoms with van der Waals surface area (Å²) >= 11 is 0. The van der Waals surface area contributed by atoms with Crippen molar-refractivity contribution in [1.82, 2.24) is 0 Å². The second-order valence-electron chi connectivity index (χ2n) is 17.9. The molecule has 0 aromatic heterocycles. The van der Waals surface area contributed by atoms with Gasteiger partial charge in [0.2, 0.25) is 0 Å². The monoisotopic (exact) mass is 684 g/mol. The summed E-state index contributed by atoms with van der Waals surface area (Å²) in [5.74, 6) is 2.37. The number of hydrogen-bond acceptors (Lipinski definition) is 4. The predicted octanol–water partition coefficient (Wildman–Crippen LogP) is 9.10. The van der Waals surface area contributed by atoms with E-state index in [1.165, 1.54) is 48.9 Å². The average molecular weight is 685 g/mol. The van der Waals surface area contributed by atoms with Crippen molar-refractivity contribution in [2.24, 2.45) is 46.3 Å². The zero-order valence-electron chi connectivity index (χ0n) is 31.7. The Bertz CT molecular complexity index is 1430. The highest BCUT2D eigenvalue weighted by Crippen LogP contribution is 2.67. The number of esters is 1. The standard InChI is InChI=1S/C44H64O4Si/c1-9-47-41(46)30(2)28-40(45)31(3)37-22-23-38-36-21-20-32-29-33(24-26-43(32,7)39(36)25-27-44(37,38)8)48-49(42(4,5)6,34-16-12-10-13-17-34)35-18-14-11-15-19-35/h10-20,30-31,33,36-40,45H,9,21-29H2,1-8H3/t30-,31+,33+,36+,37-,38+,39+,40+,43+,44-/m1/s1. The molecule has 4 aliphatic carbocycles. The second-order valence-corrected chi connectivity index (χ2v) is 22.2. The summed E-state index contributed by atoms with van der Waals surface area (Å²) in [6.45, 7) is 18.7. The van der Waals surface area contributed by atoms with Gasteiger partial charge in [0.25, 0.3) is 8.32 Å². The number of rotatable bonds is 10. The van der Waals surface area contributed by atoms with E-state index in [1.54, 1.807) is 5.57 Å². The van der Waals surface area contributed by atoms with E-state index in [4.69, 9.17) is 9.16 Å². The third-order valence-electron chi connectivity index (χ3n) is 14.4. The van der Waals surface area contributed by atoms with Crippen LogP contribution in [0.2, 0.25) is 5.04 Å². The normalized spacial score (nSPS) is 33.3. The van der Waals surface area contributed by atoms with Gasteiger partial charge in [-0.15, -0.1) is 0 Å². The van der Waals surface area contributed by atoms with Gasteiger partial charge in [0.15, 0.2) is 0 Å². The number of ether oxygens (including phenoxy) is 1. The zero-order chi connectivity index (χ0) is 35.2. The van der Waals surface area contributed by atoms with Gasteiger partial charge in [-0.3, -0.25) is 4.79 Å². The van der Waals surface area contributed by atoms with E-state index in [1.807, 2.05) is 13.8 Å². The zero-order valence-corrected chi connectivity index (χ0v) is 32.7. The van der Waals surface area contributed by atoms with Gasteiger partial charge in [-0.05, 0) is 121 Å². The van der Waals surface area contributed by atoms with Crippen LogP contribution in [-0.4, -0.2) is 38.2 Å². The maximum absolute atomic E-state index is 12.3. The Balaban J connectivity index is 1.21. The lowest BCUT2D eigenvalue weighted by Gasteiger charge is -2.59. The molecule has 0 bridgehead atoms. The highest BCUT2D eigenvalue weighted by Gasteiger charge is 2.60. The fourth-order valence-electron chi connectivity index (χ4n) is 11.8. The molecule has 3 saturated carbocycles. The molecule has 2 aromatic rings.